The largest absolute Gasteiger partial charge is 0.484 e. The number of benzene rings is 2. The van der Waals surface area contributed by atoms with E-state index in [1.165, 1.54) is 11.1 Å². The van der Waals surface area contributed by atoms with Crippen molar-refractivity contribution in [2.45, 2.75) is 26.8 Å². The molecule has 1 N–H and O–H groups in total. The summed E-state index contributed by atoms with van der Waals surface area (Å²) in [4.78, 5) is 12.0. The Balaban J connectivity index is 1.88. The number of amides is 1. The lowest BCUT2D eigenvalue weighted by Gasteiger charge is -2.16. The van der Waals surface area contributed by atoms with Gasteiger partial charge in [0.05, 0.1) is 17.7 Å². The number of carbonyl (C=O) groups is 1. The fourth-order valence-corrected chi connectivity index (χ4v) is 2.18. The van der Waals surface area contributed by atoms with Crippen molar-refractivity contribution in [2.75, 3.05) is 6.61 Å². The van der Waals surface area contributed by atoms with Gasteiger partial charge in [0.15, 0.2) is 6.61 Å². The third kappa shape index (κ3) is 4.58. The van der Waals surface area contributed by atoms with Crippen LogP contribution >= 0.6 is 0 Å². The van der Waals surface area contributed by atoms with Crippen molar-refractivity contribution < 1.29 is 9.53 Å². The van der Waals surface area contributed by atoms with Crippen LogP contribution in [0.25, 0.3) is 0 Å². The highest BCUT2D eigenvalue weighted by molar-refractivity contribution is 5.78. The number of rotatable bonds is 5. The van der Waals surface area contributed by atoms with Crippen LogP contribution in [-0.2, 0) is 4.79 Å². The first-order chi connectivity index (χ1) is 11.0. The van der Waals surface area contributed by atoms with E-state index in [4.69, 9.17) is 10.00 Å². The van der Waals surface area contributed by atoms with Crippen molar-refractivity contribution >= 4 is 5.91 Å². The highest BCUT2D eigenvalue weighted by Crippen LogP contribution is 2.17. The average Bonchev–Trinajstić information content (AvgIpc) is 2.55. The molecule has 0 bridgehead atoms. The lowest BCUT2D eigenvalue weighted by molar-refractivity contribution is -0.123. The molecule has 0 spiro atoms. The third-order valence-corrected chi connectivity index (χ3v) is 3.76. The van der Waals surface area contributed by atoms with Crippen LogP contribution in [0.1, 0.15) is 35.2 Å². The Hall–Kier alpha value is -2.80. The zero-order chi connectivity index (χ0) is 16.8. The van der Waals surface area contributed by atoms with Gasteiger partial charge >= 0.3 is 0 Å². The molecule has 1 amide bonds. The monoisotopic (exact) mass is 308 g/mol. The molecular weight excluding hydrogens is 288 g/mol. The van der Waals surface area contributed by atoms with Gasteiger partial charge in [-0.1, -0.05) is 18.2 Å². The van der Waals surface area contributed by atoms with Crippen LogP contribution in [0.3, 0.4) is 0 Å². The summed E-state index contributed by atoms with van der Waals surface area (Å²) in [7, 11) is 0. The summed E-state index contributed by atoms with van der Waals surface area (Å²) >= 11 is 0. The van der Waals surface area contributed by atoms with Gasteiger partial charge in [0.2, 0.25) is 0 Å². The van der Waals surface area contributed by atoms with E-state index in [0.29, 0.717) is 11.3 Å². The Morgan fingerprint density at radius 2 is 1.87 bits per heavy atom. The first-order valence-corrected chi connectivity index (χ1v) is 7.49. The Morgan fingerprint density at radius 1 is 1.17 bits per heavy atom. The van der Waals surface area contributed by atoms with Gasteiger partial charge < -0.3 is 10.1 Å². The fourth-order valence-electron chi connectivity index (χ4n) is 2.18. The molecule has 0 unspecified atom stereocenters. The molecular formula is C19H20N2O2. The van der Waals surface area contributed by atoms with Gasteiger partial charge in [-0.3, -0.25) is 4.79 Å². The molecule has 0 saturated heterocycles. The summed E-state index contributed by atoms with van der Waals surface area (Å²) in [6.45, 7) is 6.01. The molecule has 2 aromatic rings. The summed E-state index contributed by atoms with van der Waals surface area (Å²) in [5.74, 6) is 0.387. The Bertz CT molecular complexity index is 730. The second kappa shape index (κ2) is 7.46. The van der Waals surface area contributed by atoms with E-state index in [2.05, 4.69) is 31.3 Å². The van der Waals surface area contributed by atoms with E-state index in [0.717, 1.165) is 5.56 Å². The summed E-state index contributed by atoms with van der Waals surface area (Å²) in [6, 6.07) is 14.8. The molecule has 2 aromatic carbocycles. The lowest BCUT2D eigenvalue weighted by atomic mass is 10.0. The predicted octanol–water partition coefficient (Wildman–Crippen LogP) is 3.43. The van der Waals surface area contributed by atoms with Crippen molar-refractivity contribution in [3.63, 3.8) is 0 Å². The van der Waals surface area contributed by atoms with E-state index in [1.54, 1.807) is 24.3 Å². The predicted molar refractivity (Wildman–Crippen MR) is 89.1 cm³/mol. The highest BCUT2D eigenvalue weighted by atomic mass is 16.5. The van der Waals surface area contributed by atoms with Gasteiger partial charge in [-0.15, -0.1) is 0 Å². The maximum atomic E-state index is 12.0. The van der Waals surface area contributed by atoms with E-state index in [1.807, 2.05) is 19.1 Å². The molecule has 0 radical (unpaired) electrons. The van der Waals surface area contributed by atoms with Crippen LogP contribution in [0.5, 0.6) is 5.75 Å². The van der Waals surface area contributed by atoms with Crippen LogP contribution in [-0.4, -0.2) is 12.5 Å². The number of nitrogens with one attached hydrogen (secondary N) is 1. The molecule has 0 aliphatic heterocycles. The normalized spacial score (nSPS) is 11.4. The molecule has 0 saturated carbocycles. The van der Waals surface area contributed by atoms with Gasteiger partial charge in [0.1, 0.15) is 5.75 Å². The van der Waals surface area contributed by atoms with Crippen molar-refractivity contribution in [2.24, 2.45) is 0 Å². The smallest absolute Gasteiger partial charge is 0.258 e. The summed E-state index contributed by atoms with van der Waals surface area (Å²) in [5, 5.41) is 11.7. The standard InChI is InChI=1S/C19H20N2O2/c1-13-4-7-17(10-14(13)2)15(3)21-19(22)12-23-18-8-5-16(11-20)6-9-18/h4-10,15H,12H2,1-3H3,(H,21,22)/t15-/m1/s1. The van der Waals surface area contributed by atoms with Crippen LogP contribution in [0.4, 0.5) is 0 Å². The van der Waals surface area contributed by atoms with Gasteiger partial charge in [-0.2, -0.15) is 5.26 Å². The quantitative estimate of drug-likeness (QED) is 0.920. The highest BCUT2D eigenvalue weighted by Gasteiger charge is 2.11. The molecule has 0 heterocycles. The zero-order valence-electron chi connectivity index (χ0n) is 13.6. The minimum atomic E-state index is -0.180. The Morgan fingerprint density at radius 3 is 2.48 bits per heavy atom. The topological polar surface area (TPSA) is 62.1 Å². The number of aryl methyl sites for hydroxylation is 2. The van der Waals surface area contributed by atoms with Crippen LogP contribution in [0.2, 0.25) is 0 Å². The SMILES string of the molecule is Cc1ccc([C@@H](C)NC(=O)COc2ccc(C#N)cc2)cc1C. The minimum Gasteiger partial charge on any atom is -0.484 e. The molecule has 0 aliphatic carbocycles. The summed E-state index contributed by atoms with van der Waals surface area (Å²) < 4.78 is 5.43. The lowest BCUT2D eigenvalue weighted by Crippen LogP contribution is -2.31. The summed E-state index contributed by atoms with van der Waals surface area (Å²) in [6.07, 6.45) is 0. The van der Waals surface area contributed by atoms with E-state index in [-0.39, 0.29) is 18.6 Å². The minimum absolute atomic E-state index is 0.0545. The fraction of sp³-hybridized carbons (Fsp3) is 0.263. The van der Waals surface area contributed by atoms with Crippen molar-refractivity contribution in [1.82, 2.24) is 5.32 Å². The van der Waals surface area contributed by atoms with Crippen LogP contribution < -0.4 is 10.1 Å². The molecule has 118 valence electrons. The molecule has 0 aliphatic rings. The van der Waals surface area contributed by atoms with Crippen molar-refractivity contribution in [3.05, 3.63) is 64.7 Å². The Kier molecular flexibility index (Phi) is 5.37. The van der Waals surface area contributed by atoms with E-state index < -0.39 is 0 Å². The molecule has 2 rings (SSSR count). The zero-order valence-corrected chi connectivity index (χ0v) is 13.6. The van der Waals surface area contributed by atoms with Crippen molar-refractivity contribution in [1.29, 1.82) is 5.26 Å². The van der Waals surface area contributed by atoms with E-state index in [9.17, 15) is 4.79 Å². The van der Waals surface area contributed by atoms with Gasteiger partial charge in [0.25, 0.3) is 5.91 Å². The first-order valence-electron chi connectivity index (χ1n) is 7.49. The molecule has 0 fully saturated rings. The van der Waals surface area contributed by atoms with Gasteiger partial charge in [0, 0.05) is 0 Å². The van der Waals surface area contributed by atoms with Crippen molar-refractivity contribution in [3.8, 4) is 11.8 Å². The molecule has 23 heavy (non-hydrogen) atoms. The number of ether oxygens (including phenoxy) is 1. The maximum Gasteiger partial charge on any atom is 0.258 e. The molecule has 4 nitrogen and oxygen atoms in total. The first kappa shape index (κ1) is 16.6. The third-order valence-electron chi connectivity index (χ3n) is 3.76. The number of carbonyl (C=O) groups excluding carboxylic acids is 1. The summed E-state index contributed by atoms with van der Waals surface area (Å²) in [5.41, 5.74) is 4.07. The molecule has 0 aromatic heterocycles. The average molecular weight is 308 g/mol. The number of nitriles is 1. The number of hydrogen-bond donors (Lipinski definition) is 1. The maximum absolute atomic E-state index is 12.0. The second-order valence-corrected chi connectivity index (χ2v) is 5.56. The number of nitrogens with zero attached hydrogens (tertiary/aromatic N) is 1. The van der Waals surface area contributed by atoms with Gasteiger partial charge in [-0.05, 0) is 61.7 Å². The number of hydrogen-bond acceptors (Lipinski definition) is 3. The second-order valence-electron chi connectivity index (χ2n) is 5.56. The Labute approximate surface area is 136 Å². The van der Waals surface area contributed by atoms with Crippen LogP contribution in [0.15, 0.2) is 42.5 Å². The molecule has 4 heteroatoms. The molecule has 1 atom stereocenters. The van der Waals surface area contributed by atoms with Gasteiger partial charge in [-0.25, -0.2) is 0 Å². The van der Waals surface area contributed by atoms with Crippen LogP contribution in [0, 0.1) is 25.2 Å². The van der Waals surface area contributed by atoms with E-state index >= 15 is 0 Å².